The van der Waals surface area contributed by atoms with E-state index in [9.17, 15) is 4.79 Å². The molecule has 0 aliphatic rings. The third-order valence-electron chi connectivity index (χ3n) is 3.15. The largest absolute Gasteiger partial charge is 0.383 e. The number of benzene rings is 1. The molecule has 2 rings (SSSR count). The van der Waals surface area contributed by atoms with E-state index >= 15 is 0 Å². The number of unbranched alkanes of at least 4 members (excludes halogenated alkanes) is 2. The van der Waals surface area contributed by atoms with Crippen molar-refractivity contribution in [3.05, 3.63) is 30.0 Å². The molecule has 0 radical (unpaired) electrons. The quantitative estimate of drug-likeness (QED) is 0.278. The average molecular weight is 260 g/mol. The highest BCUT2D eigenvalue weighted by Gasteiger charge is 2.16. The van der Waals surface area contributed by atoms with Crippen LogP contribution in [0.5, 0.6) is 0 Å². The number of amides is 1. The Labute approximate surface area is 112 Å². The monoisotopic (exact) mass is 260 g/mol. The molecule has 2 aromatic rings. The summed E-state index contributed by atoms with van der Waals surface area (Å²) in [6.07, 6.45) is 3.43. The van der Waals surface area contributed by atoms with Gasteiger partial charge in [0.25, 0.3) is 5.91 Å². The lowest BCUT2D eigenvalue weighted by Crippen LogP contribution is -2.30. The minimum Gasteiger partial charge on any atom is -0.383 e. The van der Waals surface area contributed by atoms with Crippen molar-refractivity contribution in [3.8, 4) is 0 Å². The van der Waals surface area contributed by atoms with E-state index in [1.54, 1.807) is 0 Å². The summed E-state index contributed by atoms with van der Waals surface area (Å²) in [6, 6.07) is 7.82. The molecular formula is C14H20N4O. The number of carbonyl (C=O) groups is 1. The fraction of sp³-hybridized carbons (Fsp3) is 0.357. The molecule has 0 saturated heterocycles. The number of nitrogens with one attached hydrogen (secondary N) is 3. The van der Waals surface area contributed by atoms with Gasteiger partial charge in [-0.25, -0.2) is 5.84 Å². The van der Waals surface area contributed by atoms with Crippen molar-refractivity contribution >= 4 is 22.5 Å². The molecule has 5 nitrogen and oxygen atoms in total. The average Bonchev–Trinajstić information content (AvgIpc) is 2.81. The number of carbonyl (C=O) groups excluding carboxylic acids is 1. The molecule has 0 unspecified atom stereocenters. The lowest BCUT2D eigenvalue weighted by atomic mass is 10.2. The van der Waals surface area contributed by atoms with Crippen molar-refractivity contribution < 1.29 is 4.79 Å². The molecule has 0 fully saturated rings. The Kier molecular flexibility index (Phi) is 4.41. The Morgan fingerprint density at radius 3 is 2.84 bits per heavy atom. The smallest absolute Gasteiger partial charge is 0.283 e. The SMILES string of the molecule is CCCCCNc1c(C(=O)NN)[nH]c2ccccc12. The van der Waals surface area contributed by atoms with E-state index in [1.807, 2.05) is 24.3 Å². The van der Waals surface area contributed by atoms with Crippen molar-refractivity contribution in [2.45, 2.75) is 26.2 Å². The van der Waals surface area contributed by atoms with Gasteiger partial charge >= 0.3 is 0 Å². The first kappa shape index (κ1) is 13.4. The van der Waals surface area contributed by atoms with Crippen LogP contribution in [0.25, 0.3) is 10.9 Å². The van der Waals surface area contributed by atoms with E-state index in [0.717, 1.165) is 29.6 Å². The van der Waals surface area contributed by atoms with Crippen LogP contribution in [-0.4, -0.2) is 17.4 Å². The molecule has 1 heterocycles. The van der Waals surface area contributed by atoms with Crippen molar-refractivity contribution in [3.63, 3.8) is 0 Å². The predicted molar refractivity (Wildman–Crippen MR) is 78.0 cm³/mol. The summed E-state index contributed by atoms with van der Waals surface area (Å²) in [7, 11) is 0. The van der Waals surface area contributed by atoms with Crippen LogP contribution < -0.4 is 16.6 Å². The second kappa shape index (κ2) is 6.24. The molecule has 1 aromatic carbocycles. The number of aromatic nitrogens is 1. The second-order valence-electron chi connectivity index (χ2n) is 4.53. The number of hydrazine groups is 1. The summed E-state index contributed by atoms with van der Waals surface area (Å²) in [4.78, 5) is 14.9. The van der Waals surface area contributed by atoms with Crippen LogP contribution >= 0.6 is 0 Å². The first-order valence-electron chi connectivity index (χ1n) is 6.63. The van der Waals surface area contributed by atoms with Gasteiger partial charge < -0.3 is 10.3 Å². The zero-order valence-electron chi connectivity index (χ0n) is 11.1. The summed E-state index contributed by atoms with van der Waals surface area (Å²) in [5.74, 6) is 4.91. The number of rotatable bonds is 6. The van der Waals surface area contributed by atoms with E-state index in [-0.39, 0.29) is 5.91 Å². The third kappa shape index (κ3) is 2.88. The summed E-state index contributed by atoms with van der Waals surface area (Å²) in [5.41, 5.74) is 4.42. The Balaban J connectivity index is 2.29. The van der Waals surface area contributed by atoms with Gasteiger partial charge in [-0.1, -0.05) is 38.0 Å². The lowest BCUT2D eigenvalue weighted by Gasteiger charge is -2.07. The predicted octanol–water partition coefficient (Wildman–Crippen LogP) is 2.37. The number of hydrogen-bond donors (Lipinski definition) is 4. The van der Waals surface area contributed by atoms with E-state index in [2.05, 4.69) is 22.7 Å². The second-order valence-corrected chi connectivity index (χ2v) is 4.53. The van der Waals surface area contributed by atoms with Gasteiger partial charge in [-0.2, -0.15) is 0 Å². The highest BCUT2D eigenvalue weighted by molar-refractivity contribution is 6.07. The highest BCUT2D eigenvalue weighted by atomic mass is 16.2. The number of anilines is 1. The maximum Gasteiger partial charge on any atom is 0.283 e. The number of fused-ring (bicyclic) bond motifs is 1. The van der Waals surface area contributed by atoms with Crippen LogP contribution in [0.3, 0.4) is 0 Å². The normalized spacial score (nSPS) is 10.6. The first-order chi connectivity index (χ1) is 9.27. The molecule has 0 aliphatic heterocycles. The maximum absolute atomic E-state index is 11.8. The molecule has 0 spiro atoms. The van der Waals surface area contributed by atoms with E-state index in [0.29, 0.717) is 5.69 Å². The van der Waals surface area contributed by atoms with Crippen LogP contribution in [0.2, 0.25) is 0 Å². The molecular weight excluding hydrogens is 240 g/mol. The van der Waals surface area contributed by atoms with Crippen LogP contribution in [0.15, 0.2) is 24.3 Å². The molecule has 0 atom stereocenters. The number of hydrogen-bond acceptors (Lipinski definition) is 3. The number of H-pyrrole nitrogens is 1. The number of nitrogens with two attached hydrogens (primary N) is 1. The number of para-hydroxylation sites is 1. The zero-order chi connectivity index (χ0) is 13.7. The van der Waals surface area contributed by atoms with E-state index < -0.39 is 0 Å². The fourth-order valence-corrected chi connectivity index (χ4v) is 2.16. The van der Waals surface area contributed by atoms with Crippen molar-refractivity contribution in [1.29, 1.82) is 0 Å². The summed E-state index contributed by atoms with van der Waals surface area (Å²) < 4.78 is 0. The molecule has 5 N–H and O–H groups in total. The van der Waals surface area contributed by atoms with Gasteiger partial charge in [0, 0.05) is 17.4 Å². The topological polar surface area (TPSA) is 82.9 Å². The van der Waals surface area contributed by atoms with Crippen molar-refractivity contribution in [1.82, 2.24) is 10.4 Å². The maximum atomic E-state index is 11.8. The summed E-state index contributed by atoms with van der Waals surface area (Å²) >= 11 is 0. The Bertz CT molecular complexity index is 562. The van der Waals surface area contributed by atoms with Gasteiger partial charge in [-0.05, 0) is 12.5 Å². The standard InChI is InChI=1S/C14H20N4O/c1-2-3-6-9-16-12-10-7-4-5-8-11(10)17-13(12)14(19)18-15/h4-5,7-8,16-17H,2-3,6,9,15H2,1H3,(H,18,19). The molecule has 0 aliphatic carbocycles. The molecule has 1 aromatic heterocycles. The molecule has 19 heavy (non-hydrogen) atoms. The highest BCUT2D eigenvalue weighted by Crippen LogP contribution is 2.27. The number of nitrogen functional groups attached to an aromatic ring is 1. The molecule has 5 heteroatoms. The summed E-state index contributed by atoms with van der Waals surface area (Å²) in [5, 5.41) is 4.35. The minimum atomic E-state index is -0.311. The van der Waals surface area contributed by atoms with E-state index in [1.165, 1.54) is 12.8 Å². The first-order valence-corrected chi connectivity index (χ1v) is 6.63. The van der Waals surface area contributed by atoms with Gasteiger partial charge in [0.2, 0.25) is 0 Å². The molecule has 1 amide bonds. The van der Waals surface area contributed by atoms with Crippen LogP contribution in [0.4, 0.5) is 5.69 Å². The lowest BCUT2D eigenvalue weighted by molar-refractivity contribution is 0.0950. The summed E-state index contributed by atoms with van der Waals surface area (Å²) in [6.45, 7) is 3.01. The van der Waals surface area contributed by atoms with Crippen molar-refractivity contribution in [2.24, 2.45) is 5.84 Å². The van der Waals surface area contributed by atoms with Gasteiger partial charge in [0.1, 0.15) is 5.69 Å². The van der Waals surface area contributed by atoms with Crippen molar-refractivity contribution in [2.75, 3.05) is 11.9 Å². The van der Waals surface area contributed by atoms with Crippen LogP contribution in [0, 0.1) is 0 Å². The van der Waals surface area contributed by atoms with Gasteiger partial charge in [-0.15, -0.1) is 0 Å². The Morgan fingerprint density at radius 1 is 1.32 bits per heavy atom. The van der Waals surface area contributed by atoms with Crippen LogP contribution in [-0.2, 0) is 0 Å². The van der Waals surface area contributed by atoms with Gasteiger partial charge in [0.05, 0.1) is 5.69 Å². The van der Waals surface area contributed by atoms with Gasteiger partial charge in [0.15, 0.2) is 0 Å². The Hall–Kier alpha value is -2.01. The molecule has 0 bridgehead atoms. The fourth-order valence-electron chi connectivity index (χ4n) is 2.16. The molecule has 0 saturated carbocycles. The number of aromatic amines is 1. The Morgan fingerprint density at radius 2 is 2.11 bits per heavy atom. The van der Waals surface area contributed by atoms with Crippen LogP contribution in [0.1, 0.15) is 36.7 Å². The van der Waals surface area contributed by atoms with Gasteiger partial charge in [-0.3, -0.25) is 10.2 Å². The third-order valence-corrected chi connectivity index (χ3v) is 3.15. The van der Waals surface area contributed by atoms with E-state index in [4.69, 9.17) is 5.84 Å². The molecule has 102 valence electrons. The zero-order valence-corrected chi connectivity index (χ0v) is 11.1. The minimum absolute atomic E-state index is 0.311.